The van der Waals surface area contributed by atoms with E-state index in [1.54, 1.807) is 13.8 Å². The number of fused-ring (bicyclic) bond motifs is 1. The number of sulfone groups is 1. The third kappa shape index (κ3) is 3.43. The lowest BCUT2D eigenvalue weighted by molar-refractivity contribution is 0.103. The Balaban J connectivity index is 2.21. The van der Waals surface area contributed by atoms with Crippen molar-refractivity contribution in [3.8, 4) is 0 Å². The van der Waals surface area contributed by atoms with E-state index in [1.165, 1.54) is 30.1 Å². The first-order chi connectivity index (χ1) is 13.2. The Labute approximate surface area is 170 Å². The number of ketones is 1. The molecule has 1 aromatic heterocycles. The van der Waals surface area contributed by atoms with Crippen LogP contribution in [-0.2, 0) is 32.4 Å². The maximum atomic E-state index is 13.3. The lowest BCUT2D eigenvalue weighted by atomic mass is 9.81. The van der Waals surface area contributed by atoms with Crippen molar-refractivity contribution in [2.45, 2.75) is 49.7 Å². The molecule has 2 aromatic rings. The summed E-state index contributed by atoms with van der Waals surface area (Å²) in [6.45, 7) is 6.93. The maximum absolute atomic E-state index is 13.3. The second-order valence-electron chi connectivity index (χ2n) is 8.06. The molecule has 1 N–H and O–H groups in total. The molecule has 1 atom stereocenters. The first kappa shape index (κ1) is 21.7. The first-order valence-corrected chi connectivity index (χ1v) is 12.3. The van der Waals surface area contributed by atoms with E-state index >= 15 is 0 Å². The van der Waals surface area contributed by atoms with Crippen molar-refractivity contribution in [2.24, 2.45) is 7.05 Å². The fourth-order valence-corrected chi connectivity index (χ4v) is 7.60. The molecule has 0 saturated carbocycles. The van der Waals surface area contributed by atoms with E-state index in [2.05, 4.69) is 5.10 Å². The van der Waals surface area contributed by atoms with E-state index in [9.17, 15) is 26.2 Å². The van der Waals surface area contributed by atoms with Gasteiger partial charge >= 0.3 is 0 Å². The fraction of sp³-hybridized carbons (Fsp3) is 0.474. The Bertz CT molecular complexity index is 1220. The number of nitrogens with zero attached hydrogens (tertiary/aromatic N) is 2. The number of aryl methyl sites for hydroxylation is 1. The van der Waals surface area contributed by atoms with Crippen LogP contribution in [0.5, 0.6) is 0 Å². The molecule has 0 bridgehead atoms. The zero-order chi connectivity index (χ0) is 21.9. The minimum absolute atomic E-state index is 0.0351. The normalized spacial score (nSPS) is 18.4. The quantitative estimate of drug-likeness (QED) is 0.559. The summed E-state index contributed by atoms with van der Waals surface area (Å²) in [5.74, 6) is -0.498. The molecule has 1 aromatic carbocycles. The lowest BCUT2D eigenvalue weighted by Gasteiger charge is -2.21. The van der Waals surface area contributed by atoms with Gasteiger partial charge < -0.3 is 0 Å². The average molecular weight is 441 g/mol. The van der Waals surface area contributed by atoms with Gasteiger partial charge in [-0.05, 0) is 36.6 Å². The summed E-state index contributed by atoms with van der Waals surface area (Å²) >= 11 is 0. The topological polar surface area (TPSA) is 123 Å². The lowest BCUT2D eigenvalue weighted by Crippen LogP contribution is -2.21. The van der Waals surface area contributed by atoms with Gasteiger partial charge in [0.2, 0.25) is 0 Å². The average Bonchev–Trinajstić information content (AvgIpc) is 3.02. The molecule has 1 aliphatic rings. The van der Waals surface area contributed by atoms with Crippen LogP contribution in [0, 0.1) is 6.92 Å². The minimum Gasteiger partial charge on any atom is -0.288 e. The van der Waals surface area contributed by atoms with Crippen LogP contribution in [0.1, 0.15) is 65.2 Å². The largest absolute Gasteiger partial charge is 0.288 e. The minimum atomic E-state index is -4.44. The summed E-state index contributed by atoms with van der Waals surface area (Å²) in [7, 11) is -6.36. The highest BCUT2D eigenvalue weighted by Crippen LogP contribution is 2.43. The first-order valence-electron chi connectivity index (χ1n) is 9.12. The molecule has 158 valence electrons. The summed E-state index contributed by atoms with van der Waals surface area (Å²) < 4.78 is 59.5. The van der Waals surface area contributed by atoms with Crippen LogP contribution < -0.4 is 0 Å². The number of hydrogen-bond acceptors (Lipinski definition) is 6. The number of aromatic nitrogens is 2. The van der Waals surface area contributed by atoms with Crippen molar-refractivity contribution in [3.63, 3.8) is 0 Å². The molecule has 0 saturated heterocycles. The molecule has 0 spiro atoms. The van der Waals surface area contributed by atoms with Gasteiger partial charge in [0.05, 0.1) is 28.1 Å². The Morgan fingerprint density at radius 3 is 2.48 bits per heavy atom. The smallest absolute Gasteiger partial charge is 0.273 e. The monoisotopic (exact) mass is 440 g/mol. The van der Waals surface area contributed by atoms with E-state index in [4.69, 9.17) is 0 Å². The van der Waals surface area contributed by atoms with E-state index in [0.717, 1.165) is 0 Å². The standard InChI is InChI=1S/C19H24N2O6S2/c1-6-14(29(25,26)27)17-13(9-20-21(17)5)18(22)12-7-8-15-16(11(12)2)19(3,4)10-28(15,23)24/h7-9,14H,6,10H2,1-5H3,(H,25,26,27). The number of carbonyl (C=O) groups is 1. The number of rotatable bonds is 5. The number of benzene rings is 1. The molecule has 0 fully saturated rings. The SMILES string of the molecule is CCC(c1c(C(=O)c2ccc3c(c2C)C(C)(C)CS3(=O)=O)cnn1C)S(=O)(=O)O. The van der Waals surface area contributed by atoms with Gasteiger partial charge in [-0.1, -0.05) is 20.8 Å². The summed E-state index contributed by atoms with van der Waals surface area (Å²) in [4.78, 5) is 13.6. The van der Waals surface area contributed by atoms with Crippen LogP contribution in [0.4, 0.5) is 0 Å². The molecule has 29 heavy (non-hydrogen) atoms. The van der Waals surface area contributed by atoms with Gasteiger partial charge in [-0.15, -0.1) is 0 Å². The van der Waals surface area contributed by atoms with Crippen LogP contribution >= 0.6 is 0 Å². The highest BCUT2D eigenvalue weighted by Gasteiger charge is 2.43. The zero-order valence-corrected chi connectivity index (χ0v) is 18.6. The summed E-state index contributed by atoms with van der Waals surface area (Å²) in [5, 5.41) is 2.73. The molecular weight excluding hydrogens is 416 g/mol. The van der Waals surface area contributed by atoms with Crippen LogP contribution in [0.3, 0.4) is 0 Å². The second kappa shape index (κ2) is 6.75. The number of hydrogen-bond donors (Lipinski definition) is 1. The van der Waals surface area contributed by atoms with Gasteiger partial charge in [-0.2, -0.15) is 13.5 Å². The molecule has 8 nitrogen and oxygen atoms in total. The molecule has 0 amide bonds. The predicted octanol–water partition coefficient (Wildman–Crippen LogP) is 2.36. The van der Waals surface area contributed by atoms with E-state index in [1.807, 2.05) is 13.8 Å². The second-order valence-corrected chi connectivity index (χ2v) is 11.6. The van der Waals surface area contributed by atoms with Gasteiger partial charge in [0.15, 0.2) is 15.6 Å². The van der Waals surface area contributed by atoms with E-state index in [0.29, 0.717) is 11.1 Å². The van der Waals surface area contributed by atoms with Crippen molar-refractivity contribution in [1.82, 2.24) is 9.78 Å². The van der Waals surface area contributed by atoms with Crippen LogP contribution in [0.25, 0.3) is 0 Å². The van der Waals surface area contributed by atoms with Gasteiger partial charge in [0, 0.05) is 18.0 Å². The Morgan fingerprint density at radius 2 is 1.93 bits per heavy atom. The van der Waals surface area contributed by atoms with E-state index in [-0.39, 0.29) is 33.9 Å². The van der Waals surface area contributed by atoms with Crippen molar-refractivity contribution in [2.75, 3.05) is 5.75 Å². The molecule has 0 radical (unpaired) electrons. The van der Waals surface area contributed by atoms with E-state index < -0.39 is 36.4 Å². The zero-order valence-electron chi connectivity index (χ0n) is 16.9. The van der Waals surface area contributed by atoms with Crippen LogP contribution in [0.15, 0.2) is 23.2 Å². The van der Waals surface area contributed by atoms with Crippen LogP contribution in [-0.4, -0.2) is 42.7 Å². The Morgan fingerprint density at radius 1 is 1.31 bits per heavy atom. The van der Waals surface area contributed by atoms with Crippen molar-refractivity contribution in [3.05, 3.63) is 46.3 Å². The third-order valence-electron chi connectivity index (χ3n) is 5.50. The Kier molecular flexibility index (Phi) is 5.04. The van der Waals surface area contributed by atoms with Crippen molar-refractivity contribution >= 4 is 25.7 Å². The summed E-state index contributed by atoms with van der Waals surface area (Å²) in [5.41, 5.74) is 0.968. The molecule has 2 heterocycles. The predicted molar refractivity (Wildman–Crippen MR) is 107 cm³/mol. The summed E-state index contributed by atoms with van der Waals surface area (Å²) in [6, 6.07) is 2.90. The molecule has 10 heteroatoms. The molecular formula is C19H24N2O6S2. The Hall–Kier alpha value is -2.04. The van der Waals surface area contributed by atoms with Gasteiger partial charge in [0.1, 0.15) is 5.25 Å². The maximum Gasteiger partial charge on any atom is 0.273 e. The molecule has 3 rings (SSSR count). The highest BCUT2D eigenvalue weighted by atomic mass is 32.2. The van der Waals surface area contributed by atoms with Gasteiger partial charge in [-0.25, -0.2) is 8.42 Å². The molecule has 1 unspecified atom stereocenters. The highest BCUT2D eigenvalue weighted by molar-refractivity contribution is 7.91. The van der Waals surface area contributed by atoms with Crippen LogP contribution in [0.2, 0.25) is 0 Å². The molecule has 1 aliphatic heterocycles. The number of carbonyl (C=O) groups excluding carboxylic acids is 1. The van der Waals surface area contributed by atoms with Crippen molar-refractivity contribution < 1.29 is 26.2 Å². The summed E-state index contributed by atoms with van der Waals surface area (Å²) in [6.07, 6.45) is 1.34. The van der Waals surface area contributed by atoms with Crippen molar-refractivity contribution in [1.29, 1.82) is 0 Å². The fourth-order valence-electron chi connectivity index (χ4n) is 4.35. The van der Waals surface area contributed by atoms with Gasteiger partial charge in [0.25, 0.3) is 10.1 Å². The third-order valence-corrected chi connectivity index (χ3v) is 8.89. The molecule has 0 aliphatic carbocycles. The van der Waals surface area contributed by atoms with Gasteiger partial charge in [-0.3, -0.25) is 14.0 Å².